The van der Waals surface area contributed by atoms with Crippen LogP contribution in [0.25, 0.3) is 0 Å². The quantitative estimate of drug-likeness (QED) is 0.755. The first-order valence-electron chi connectivity index (χ1n) is 9.48. The van der Waals surface area contributed by atoms with Gasteiger partial charge in [-0.15, -0.1) is 0 Å². The largest absolute Gasteiger partial charge is 0.491 e. The molecule has 0 atom stereocenters. The Morgan fingerprint density at radius 2 is 1.72 bits per heavy atom. The molecule has 0 aliphatic carbocycles. The van der Waals surface area contributed by atoms with E-state index in [2.05, 4.69) is 10.3 Å². The van der Waals surface area contributed by atoms with Crippen LogP contribution in [0.3, 0.4) is 0 Å². The van der Waals surface area contributed by atoms with Gasteiger partial charge < -0.3 is 19.9 Å². The predicted molar refractivity (Wildman–Crippen MR) is 108 cm³/mol. The van der Waals surface area contributed by atoms with E-state index < -0.39 is 0 Å². The molecule has 2 heterocycles. The molecule has 8 nitrogen and oxygen atoms in total. The molecule has 0 saturated carbocycles. The van der Waals surface area contributed by atoms with E-state index >= 15 is 0 Å². The number of anilines is 1. The van der Waals surface area contributed by atoms with Crippen molar-refractivity contribution >= 4 is 23.9 Å². The molecule has 1 aliphatic heterocycles. The van der Waals surface area contributed by atoms with Gasteiger partial charge in [0.1, 0.15) is 5.75 Å². The molecule has 0 radical (unpaired) electrons. The van der Waals surface area contributed by atoms with Crippen LogP contribution < -0.4 is 10.1 Å². The summed E-state index contributed by atoms with van der Waals surface area (Å²) in [5.74, 6) is 0.172. The maximum atomic E-state index is 12.7. The molecule has 29 heavy (non-hydrogen) atoms. The van der Waals surface area contributed by atoms with Crippen LogP contribution in [-0.2, 0) is 4.79 Å². The summed E-state index contributed by atoms with van der Waals surface area (Å²) >= 11 is 0. The summed E-state index contributed by atoms with van der Waals surface area (Å²) in [7, 11) is 0. The van der Waals surface area contributed by atoms with Gasteiger partial charge in [-0.05, 0) is 44.2 Å². The van der Waals surface area contributed by atoms with E-state index in [1.54, 1.807) is 34.1 Å². The highest BCUT2D eigenvalue weighted by Crippen LogP contribution is 2.18. The van der Waals surface area contributed by atoms with Crippen molar-refractivity contribution in [3.05, 3.63) is 53.9 Å². The molecule has 0 spiro atoms. The van der Waals surface area contributed by atoms with Crippen LogP contribution in [0.15, 0.2) is 42.7 Å². The lowest BCUT2D eigenvalue weighted by molar-refractivity contribution is -0.119. The average molecular weight is 396 g/mol. The molecule has 1 fully saturated rings. The van der Waals surface area contributed by atoms with Crippen molar-refractivity contribution in [2.24, 2.45) is 0 Å². The number of amides is 3. The molecule has 1 aromatic heterocycles. The Kier molecular flexibility index (Phi) is 6.43. The highest BCUT2D eigenvalue weighted by atomic mass is 16.5. The van der Waals surface area contributed by atoms with Gasteiger partial charge in [0.25, 0.3) is 11.8 Å². The number of carbonyl (C=O) groups excluding carboxylic acids is 3. The number of piperazine rings is 1. The SMILES string of the molecule is CC(C)Oc1ccc(NC(=O)c2cncc(C(=O)N3CCN(C=O)CC3)c2)cc1. The summed E-state index contributed by atoms with van der Waals surface area (Å²) in [6.07, 6.45) is 3.73. The lowest BCUT2D eigenvalue weighted by Crippen LogP contribution is -2.48. The predicted octanol–water partition coefficient (Wildman–Crippen LogP) is 2.04. The van der Waals surface area contributed by atoms with E-state index in [0.29, 0.717) is 43.0 Å². The van der Waals surface area contributed by atoms with Gasteiger partial charge in [-0.1, -0.05) is 0 Å². The minimum absolute atomic E-state index is 0.0724. The highest BCUT2D eigenvalue weighted by molar-refractivity contribution is 6.05. The second-order valence-corrected chi connectivity index (χ2v) is 7.04. The molecule has 0 bridgehead atoms. The standard InChI is InChI=1S/C21H24N4O4/c1-15(2)29-19-5-3-18(4-6-19)23-20(27)16-11-17(13-22-12-16)21(28)25-9-7-24(14-26)8-10-25/h3-6,11-15H,7-10H2,1-2H3,(H,23,27). The Labute approximate surface area is 169 Å². The Balaban J connectivity index is 1.64. The normalized spacial score (nSPS) is 13.9. The molecule has 1 aromatic carbocycles. The number of pyridine rings is 1. The molecule has 1 N–H and O–H groups in total. The molecule has 3 amide bonds. The van der Waals surface area contributed by atoms with Gasteiger partial charge in [-0.25, -0.2) is 0 Å². The molecule has 1 aliphatic rings. The fourth-order valence-corrected chi connectivity index (χ4v) is 2.99. The van der Waals surface area contributed by atoms with E-state index in [1.165, 1.54) is 18.5 Å². The number of nitrogens with one attached hydrogen (secondary N) is 1. The minimum atomic E-state index is -0.351. The van der Waals surface area contributed by atoms with Gasteiger partial charge in [0.2, 0.25) is 6.41 Å². The first kappa shape index (κ1) is 20.3. The van der Waals surface area contributed by atoms with E-state index in [-0.39, 0.29) is 17.9 Å². The summed E-state index contributed by atoms with van der Waals surface area (Å²) < 4.78 is 5.59. The summed E-state index contributed by atoms with van der Waals surface area (Å²) in [5.41, 5.74) is 1.26. The first-order chi connectivity index (χ1) is 14.0. The van der Waals surface area contributed by atoms with E-state index in [9.17, 15) is 14.4 Å². The zero-order chi connectivity index (χ0) is 20.8. The van der Waals surface area contributed by atoms with Gasteiger partial charge in [-0.3, -0.25) is 19.4 Å². The Bertz CT molecular complexity index is 875. The van der Waals surface area contributed by atoms with Gasteiger partial charge in [0.05, 0.1) is 17.2 Å². The molecule has 0 unspecified atom stereocenters. The smallest absolute Gasteiger partial charge is 0.257 e. The Morgan fingerprint density at radius 3 is 2.34 bits per heavy atom. The van der Waals surface area contributed by atoms with Gasteiger partial charge in [-0.2, -0.15) is 0 Å². The lowest BCUT2D eigenvalue weighted by Gasteiger charge is -2.32. The number of ether oxygens (including phenoxy) is 1. The number of rotatable bonds is 6. The van der Waals surface area contributed by atoms with Crippen molar-refractivity contribution in [1.29, 1.82) is 0 Å². The topological polar surface area (TPSA) is 91.8 Å². The second kappa shape index (κ2) is 9.18. The number of aromatic nitrogens is 1. The maximum absolute atomic E-state index is 12.7. The molecule has 1 saturated heterocycles. The highest BCUT2D eigenvalue weighted by Gasteiger charge is 2.22. The Morgan fingerprint density at radius 1 is 1.07 bits per heavy atom. The van der Waals surface area contributed by atoms with E-state index in [1.807, 2.05) is 13.8 Å². The zero-order valence-corrected chi connectivity index (χ0v) is 16.5. The fraction of sp³-hybridized carbons (Fsp3) is 0.333. The molecule has 2 aromatic rings. The van der Waals surface area contributed by atoms with Crippen molar-refractivity contribution in [2.75, 3.05) is 31.5 Å². The van der Waals surface area contributed by atoms with Crippen LogP contribution in [0.5, 0.6) is 5.75 Å². The van der Waals surface area contributed by atoms with E-state index in [4.69, 9.17) is 4.74 Å². The molecular formula is C21H24N4O4. The zero-order valence-electron chi connectivity index (χ0n) is 16.5. The van der Waals surface area contributed by atoms with Crippen LogP contribution in [0, 0.1) is 0 Å². The third-order valence-corrected chi connectivity index (χ3v) is 4.48. The van der Waals surface area contributed by atoms with Crippen molar-refractivity contribution in [2.45, 2.75) is 20.0 Å². The monoisotopic (exact) mass is 396 g/mol. The maximum Gasteiger partial charge on any atom is 0.257 e. The third kappa shape index (κ3) is 5.31. The first-order valence-corrected chi connectivity index (χ1v) is 9.48. The number of hydrogen-bond acceptors (Lipinski definition) is 5. The summed E-state index contributed by atoms with van der Waals surface area (Å²) in [6, 6.07) is 8.61. The van der Waals surface area contributed by atoms with Crippen LogP contribution >= 0.6 is 0 Å². The van der Waals surface area contributed by atoms with Gasteiger partial charge >= 0.3 is 0 Å². The van der Waals surface area contributed by atoms with Crippen LogP contribution in [0.2, 0.25) is 0 Å². The summed E-state index contributed by atoms with van der Waals surface area (Å²) in [5, 5.41) is 2.79. The summed E-state index contributed by atoms with van der Waals surface area (Å²) in [6.45, 7) is 5.80. The lowest BCUT2D eigenvalue weighted by atomic mass is 10.1. The van der Waals surface area contributed by atoms with Crippen LogP contribution in [-0.4, -0.2) is 65.3 Å². The average Bonchev–Trinajstić information content (AvgIpc) is 2.74. The Hall–Kier alpha value is -3.42. The van der Waals surface area contributed by atoms with E-state index in [0.717, 1.165) is 12.2 Å². The number of hydrogen-bond donors (Lipinski definition) is 1. The number of nitrogens with zero attached hydrogens (tertiary/aromatic N) is 3. The van der Waals surface area contributed by atoms with Crippen LogP contribution in [0.4, 0.5) is 5.69 Å². The number of benzene rings is 1. The molecule has 8 heteroatoms. The van der Waals surface area contributed by atoms with Crippen molar-refractivity contribution in [3.8, 4) is 5.75 Å². The van der Waals surface area contributed by atoms with Gasteiger partial charge in [0.15, 0.2) is 0 Å². The molecular weight excluding hydrogens is 372 g/mol. The third-order valence-electron chi connectivity index (χ3n) is 4.48. The molecule has 152 valence electrons. The second-order valence-electron chi connectivity index (χ2n) is 7.04. The molecule has 3 rings (SSSR count). The summed E-state index contributed by atoms with van der Waals surface area (Å²) in [4.78, 5) is 43.4. The fourth-order valence-electron chi connectivity index (χ4n) is 2.99. The van der Waals surface area contributed by atoms with Crippen molar-refractivity contribution in [1.82, 2.24) is 14.8 Å². The van der Waals surface area contributed by atoms with Crippen molar-refractivity contribution < 1.29 is 19.1 Å². The minimum Gasteiger partial charge on any atom is -0.491 e. The van der Waals surface area contributed by atoms with Gasteiger partial charge in [0, 0.05) is 44.3 Å². The van der Waals surface area contributed by atoms with Crippen LogP contribution in [0.1, 0.15) is 34.6 Å². The van der Waals surface area contributed by atoms with Crippen molar-refractivity contribution in [3.63, 3.8) is 0 Å². The number of carbonyl (C=O) groups is 3.